The fraction of sp³-hybridized carbons (Fsp3) is 0.222. The Morgan fingerprint density at radius 1 is 0.941 bits per heavy atom. The number of anilines is 1. The van der Waals surface area contributed by atoms with Crippen molar-refractivity contribution < 1.29 is 52.8 Å². The van der Waals surface area contributed by atoms with Gasteiger partial charge >= 0.3 is 27.9 Å². The van der Waals surface area contributed by atoms with Crippen LogP contribution in [0.5, 0.6) is 0 Å². The predicted octanol–water partition coefficient (Wildman–Crippen LogP) is 6.33. The molecule has 0 aliphatic rings. The number of rotatable bonds is 7. The Balaban J connectivity index is 2.24. The molecule has 34 heavy (non-hydrogen) atoms. The molecule has 0 spiro atoms. The minimum atomic E-state index is -5.84. The molecule has 2 N–H and O–H groups in total. The Morgan fingerprint density at radius 3 is 2.09 bits per heavy atom. The minimum Gasteiger partial charge on any atom is -0.275 e. The van der Waals surface area contributed by atoms with Gasteiger partial charge in [-0.15, -0.1) is 0 Å². The van der Waals surface area contributed by atoms with Gasteiger partial charge < -0.3 is 0 Å². The van der Waals surface area contributed by atoms with Crippen molar-refractivity contribution in [2.45, 2.75) is 24.5 Å². The van der Waals surface area contributed by atoms with Crippen LogP contribution in [0.2, 0.25) is 5.02 Å². The number of sulfonamides is 1. The zero-order chi connectivity index (χ0) is 26.1. The number of alkyl halides is 9. The molecule has 0 aromatic heterocycles. The number of benzene rings is 2. The molecule has 2 rings (SSSR count). The lowest BCUT2D eigenvalue weighted by Gasteiger charge is -2.18. The molecule has 0 aliphatic carbocycles. The average Bonchev–Trinajstić information content (AvgIpc) is 2.66. The zero-order valence-corrected chi connectivity index (χ0v) is 17.9. The van der Waals surface area contributed by atoms with Gasteiger partial charge in [-0.1, -0.05) is 24.2 Å². The van der Waals surface area contributed by atoms with Crippen molar-refractivity contribution in [1.82, 2.24) is 5.48 Å². The van der Waals surface area contributed by atoms with Crippen LogP contribution < -0.4 is 10.2 Å². The maximum absolute atomic E-state index is 13.2. The van der Waals surface area contributed by atoms with Gasteiger partial charge in [-0.2, -0.15) is 47.9 Å². The highest BCUT2D eigenvalue weighted by atomic mass is 35.5. The highest BCUT2D eigenvalue weighted by Crippen LogP contribution is 2.37. The maximum Gasteiger partial charge on any atom is 0.516 e. The number of hydrogen-bond acceptors (Lipinski definition) is 4. The van der Waals surface area contributed by atoms with Crippen LogP contribution in [0.15, 0.2) is 43.0 Å². The van der Waals surface area contributed by atoms with Gasteiger partial charge in [0.1, 0.15) is 6.61 Å². The van der Waals surface area contributed by atoms with Crippen LogP contribution in [0, 0.1) is 0 Å². The summed E-state index contributed by atoms with van der Waals surface area (Å²) in [6.07, 6.45) is -10.2. The van der Waals surface area contributed by atoms with Gasteiger partial charge in [0.25, 0.3) is 0 Å². The molecule has 0 heterocycles. The Bertz CT molecular complexity index is 1180. The second kappa shape index (κ2) is 9.54. The van der Waals surface area contributed by atoms with Crippen LogP contribution in [0.1, 0.15) is 22.3 Å². The molecular weight excluding hydrogens is 531 g/mol. The number of nitrogens with one attached hydrogen (secondary N) is 2. The third-order valence-electron chi connectivity index (χ3n) is 4.02. The van der Waals surface area contributed by atoms with Gasteiger partial charge in [-0.25, -0.2) is 0 Å². The quantitative estimate of drug-likeness (QED) is 0.317. The molecule has 2 aromatic rings. The Kier molecular flexibility index (Phi) is 7.74. The Labute approximate surface area is 191 Å². The largest absolute Gasteiger partial charge is 0.516 e. The summed E-state index contributed by atoms with van der Waals surface area (Å²) >= 11 is 5.75. The summed E-state index contributed by atoms with van der Waals surface area (Å²) in [5, 5.41) is -0.0741. The van der Waals surface area contributed by atoms with Crippen molar-refractivity contribution in [2.24, 2.45) is 0 Å². The van der Waals surface area contributed by atoms with E-state index < -0.39 is 62.6 Å². The molecule has 0 saturated carbocycles. The summed E-state index contributed by atoms with van der Waals surface area (Å²) in [6.45, 7) is 2.44. The van der Waals surface area contributed by atoms with Gasteiger partial charge in [0, 0.05) is 10.6 Å². The Hall–Kier alpha value is -2.65. The van der Waals surface area contributed by atoms with E-state index in [9.17, 15) is 47.9 Å². The highest BCUT2D eigenvalue weighted by Gasteiger charge is 2.46. The fourth-order valence-corrected chi connectivity index (χ4v) is 3.21. The first-order valence-corrected chi connectivity index (χ1v) is 10.4. The molecule has 0 fully saturated rings. The minimum absolute atomic E-state index is 0.0741. The van der Waals surface area contributed by atoms with Gasteiger partial charge in [-0.05, 0) is 35.9 Å². The molecule has 0 radical (unpaired) electrons. The lowest BCUT2D eigenvalue weighted by atomic mass is 10.0. The van der Waals surface area contributed by atoms with Crippen LogP contribution in [0.25, 0.3) is 5.70 Å². The van der Waals surface area contributed by atoms with Crippen molar-refractivity contribution in [3.8, 4) is 0 Å². The molecule has 188 valence electrons. The molecule has 5 nitrogen and oxygen atoms in total. The molecule has 0 bridgehead atoms. The first kappa shape index (κ1) is 27.6. The first-order chi connectivity index (χ1) is 15.3. The van der Waals surface area contributed by atoms with Crippen molar-refractivity contribution in [1.29, 1.82) is 0 Å². The van der Waals surface area contributed by atoms with Crippen molar-refractivity contribution >= 4 is 33.0 Å². The van der Waals surface area contributed by atoms with Crippen LogP contribution in [0.4, 0.5) is 45.2 Å². The van der Waals surface area contributed by atoms with E-state index in [1.807, 2.05) is 5.48 Å². The van der Waals surface area contributed by atoms with E-state index in [0.29, 0.717) is 12.1 Å². The second-order valence-corrected chi connectivity index (χ2v) is 8.59. The molecule has 16 heteroatoms. The van der Waals surface area contributed by atoms with Gasteiger partial charge in [0.15, 0.2) is 0 Å². The van der Waals surface area contributed by atoms with E-state index in [1.54, 1.807) is 0 Å². The summed E-state index contributed by atoms with van der Waals surface area (Å²) in [4.78, 5) is 4.82. The van der Waals surface area contributed by atoms with Crippen molar-refractivity contribution in [3.63, 3.8) is 0 Å². The topological polar surface area (TPSA) is 67.4 Å². The van der Waals surface area contributed by atoms with Crippen LogP contribution in [-0.2, 0) is 33.8 Å². The fourth-order valence-electron chi connectivity index (χ4n) is 2.46. The summed E-state index contributed by atoms with van der Waals surface area (Å²) in [5.41, 5.74) is -8.96. The predicted molar refractivity (Wildman–Crippen MR) is 103 cm³/mol. The summed E-state index contributed by atoms with van der Waals surface area (Å²) in [7, 11) is -5.84. The lowest BCUT2D eigenvalue weighted by molar-refractivity contribution is -0.144. The van der Waals surface area contributed by atoms with Crippen molar-refractivity contribution in [3.05, 3.63) is 70.3 Å². The van der Waals surface area contributed by atoms with E-state index in [-0.39, 0.29) is 16.7 Å². The lowest BCUT2D eigenvalue weighted by Crippen LogP contribution is -2.30. The smallest absolute Gasteiger partial charge is 0.275 e. The molecular formula is C18H12ClF9N2O3S. The van der Waals surface area contributed by atoms with Crippen LogP contribution in [-0.4, -0.2) is 13.9 Å². The van der Waals surface area contributed by atoms with Gasteiger partial charge in [-0.3, -0.25) is 15.0 Å². The number of hydrogen-bond donors (Lipinski definition) is 2. The standard InChI is InChI=1S/C18H12ClF9N2O3S/c1-9(13-7-12(19)4-5-15(13)30-34(31,32)18(26,27)28)29-33-8-10-2-3-11(16(20,21)22)6-14(10)17(23,24)25/h2-7,29-30H,1,8H2. The molecule has 0 atom stereocenters. The third kappa shape index (κ3) is 6.70. The van der Waals surface area contributed by atoms with E-state index in [0.717, 1.165) is 18.2 Å². The van der Waals surface area contributed by atoms with Crippen LogP contribution in [0.3, 0.4) is 0 Å². The van der Waals surface area contributed by atoms with Crippen molar-refractivity contribution in [2.75, 3.05) is 4.72 Å². The number of halogens is 10. The van der Waals surface area contributed by atoms with E-state index >= 15 is 0 Å². The van der Waals surface area contributed by atoms with E-state index in [2.05, 4.69) is 6.58 Å². The SMILES string of the molecule is C=C(NOCc1ccc(C(F)(F)F)cc1C(F)(F)F)c1cc(Cl)ccc1NS(=O)(=O)C(F)(F)F. The first-order valence-electron chi connectivity index (χ1n) is 8.56. The molecule has 0 unspecified atom stereocenters. The molecule has 0 amide bonds. The van der Waals surface area contributed by atoms with Gasteiger partial charge in [0.2, 0.25) is 0 Å². The second-order valence-electron chi connectivity index (χ2n) is 6.48. The van der Waals surface area contributed by atoms with E-state index in [4.69, 9.17) is 16.4 Å². The monoisotopic (exact) mass is 542 g/mol. The zero-order valence-electron chi connectivity index (χ0n) is 16.3. The Morgan fingerprint density at radius 2 is 1.56 bits per heavy atom. The average molecular weight is 543 g/mol. The summed E-state index contributed by atoms with van der Waals surface area (Å²) < 4.78 is 140. The molecule has 0 aliphatic heterocycles. The third-order valence-corrected chi connectivity index (χ3v) is 5.35. The normalized spacial score (nSPS) is 13.0. The van der Waals surface area contributed by atoms with Gasteiger partial charge in [0.05, 0.1) is 22.5 Å². The van der Waals surface area contributed by atoms with Crippen LogP contribution >= 0.6 is 11.6 Å². The molecule has 0 saturated heterocycles. The molecule has 2 aromatic carbocycles. The van der Waals surface area contributed by atoms with E-state index in [1.165, 1.54) is 4.72 Å². The number of hydroxylamine groups is 1. The summed E-state index contributed by atoms with van der Waals surface area (Å²) in [6, 6.07) is 3.74. The summed E-state index contributed by atoms with van der Waals surface area (Å²) in [5.74, 6) is 0. The maximum atomic E-state index is 13.2. The highest BCUT2D eigenvalue weighted by molar-refractivity contribution is 7.93.